The number of hydrogen-bond acceptors (Lipinski definition) is 8. The van der Waals surface area contributed by atoms with Gasteiger partial charge in [0, 0.05) is 81.0 Å². The molecule has 1 saturated heterocycles. The van der Waals surface area contributed by atoms with Crippen molar-refractivity contribution >= 4 is 23.6 Å². The lowest BCUT2D eigenvalue weighted by atomic mass is 9.91. The zero-order chi connectivity index (χ0) is 39.0. The fraction of sp³-hybridized carbons (Fsp3) is 0.395. The molecule has 5 rings (SSSR count). The SMILES string of the molecule is CCN(CC)C(=O)c1cccc(-c2cccc(COc3cc(OCc4cncc(C#N)c4)c(CN4CCN(C(=O)OC(C)(C)C)CC4)cc3Cl)c2C)c1C. The first kappa shape index (κ1) is 40.1. The molecule has 1 fully saturated rings. The van der Waals surface area contributed by atoms with Crippen molar-refractivity contribution in [3.63, 3.8) is 0 Å². The van der Waals surface area contributed by atoms with E-state index >= 15 is 0 Å². The van der Waals surface area contributed by atoms with Gasteiger partial charge < -0.3 is 24.0 Å². The Kier molecular flexibility index (Phi) is 13.2. The van der Waals surface area contributed by atoms with Crippen LogP contribution < -0.4 is 9.47 Å². The summed E-state index contributed by atoms with van der Waals surface area (Å²) in [6.07, 6.45) is 2.89. The predicted molar refractivity (Wildman–Crippen MR) is 211 cm³/mol. The molecule has 2 heterocycles. The number of halogens is 1. The predicted octanol–water partition coefficient (Wildman–Crippen LogP) is 8.58. The molecule has 2 amide bonds. The molecule has 0 spiro atoms. The molecule has 0 bridgehead atoms. The Bertz CT molecular complexity index is 2010. The summed E-state index contributed by atoms with van der Waals surface area (Å²) in [5.74, 6) is 1.11. The minimum atomic E-state index is -0.553. The van der Waals surface area contributed by atoms with E-state index in [1.165, 1.54) is 6.20 Å². The maximum atomic E-state index is 13.3. The van der Waals surface area contributed by atoms with Crippen LogP contribution in [-0.4, -0.2) is 76.6 Å². The van der Waals surface area contributed by atoms with E-state index < -0.39 is 5.60 Å². The van der Waals surface area contributed by atoms with Crippen molar-refractivity contribution < 1.29 is 23.8 Å². The standard InChI is InChI=1S/C43H50ClN5O5/c1-8-48(9-2)41(50)37-15-11-14-36(30(37)4)35-13-10-12-33(29(35)3)28-53-40-22-39(52-27-32-20-31(23-45)24-46-25-32)34(21-38(40)44)26-47-16-18-49(19-17-47)42(51)54-43(5,6)7/h10-15,20-22,24-25H,8-9,16-19,26-28H2,1-7H3. The third-order valence-electron chi connectivity index (χ3n) is 9.59. The molecule has 284 valence electrons. The van der Waals surface area contributed by atoms with E-state index in [0.29, 0.717) is 73.5 Å². The first-order chi connectivity index (χ1) is 25.8. The van der Waals surface area contributed by atoms with Crippen molar-refractivity contribution in [3.05, 3.63) is 111 Å². The third kappa shape index (κ3) is 9.90. The van der Waals surface area contributed by atoms with Gasteiger partial charge >= 0.3 is 6.09 Å². The van der Waals surface area contributed by atoms with Crippen molar-refractivity contribution in [2.75, 3.05) is 39.3 Å². The van der Waals surface area contributed by atoms with Gasteiger partial charge in [-0.25, -0.2) is 4.79 Å². The Labute approximate surface area is 324 Å². The molecule has 0 atom stereocenters. The summed E-state index contributed by atoms with van der Waals surface area (Å²) in [6.45, 7) is 18.4. The maximum absolute atomic E-state index is 13.3. The Balaban J connectivity index is 1.37. The minimum absolute atomic E-state index is 0.0321. The van der Waals surface area contributed by atoms with Crippen LogP contribution in [0.2, 0.25) is 5.02 Å². The number of carbonyl (C=O) groups excluding carboxylic acids is 2. The Hall–Kier alpha value is -5.11. The lowest BCUT2D eigenvalue weighted by molar-refractivity contribution is 0.0138. The van der Waals surface area contributed by atoms with Crippen LogP contribution in [0, 0.1) is 25.2 Å². The molecular formula is C43H50ClN5O5. The van der Waals surface area contributed by atoms with Gasteiger partial charge in [0.05, 0.1) is 10.6 Å². The van der Waals surface area contributed by atoms with E-state index in [2.05, 4.69) is 35.0 Å². The molecule has 10 nitrogen and oxygen atoms in total. The van der Waals surface area contributed by atoms with Crippen LogP contribution in [-0.2, 0) is 24.5 Å². The fourth-order valence-electron chi connectivity index (χ4n) is 6.52. The molecule has 0 radical (unpaired) electrons. The number of rotatable bonds is 12. The van der Waals surface area contributed by atoms with Gasteiger partial charge in [-0.2, -0.15) is 5.26 Å². The van der Waals surface area contributed by atoms with Crippen LogP contribution in [0.3, 0.4) is 0 Å². The summed E-state index contributed by atoms with van der Waals surface area (Å²) < 4.78 is 18.3. The first-order valence-electron chi connectivity index (χ1n) is 18.4. The number of aromatic nitrogens is 1. The minimum Gasteiger partial charge on any atom is -0.488 e. The van der Waals surface area contributed by atoms with Gasteiger partial charge in [0.2, 0.25) is 0 Å². The molecule has 54 heavy (non-hydrogen) atoms. The summed E-state index contributed by atoms with van der Waals surface area (Å²) in [6, 6.07) is 19.6. The van der Waals surface area contributed by atoms with E-state index in [0.717, 1.165) is 38.9 Å². The van der Waals surface area contributed by atoms with Gasteiger partial charge in [0.1, 0.15) is 36.4 Å². The molecule has 0 saturated carbocycles. The van der Waals surface area contributed by atoms with E-state index in [9.17, 15) is 14.9 Å². The number of piperazine rings is 1. The summed E-state index contributed by atoms with van der Waals surface area (Å²) in [7, 11) is 0. The average Bonchev–Trinajstić information content (AvgIpc) is 3.15. The number of carbonyl (C=O) groups is 2. The van der Waals surface area contributed by atoms with Crippen LogP contribution in [0.1, 0.15) is 78.4 Å². The van der Waals surface area contributed by atoms with Gasteiger partial charge in [-0.3, -0.25) is 14.7 Å². The molecule has 0 N–H and O–H groups in total. The molecule has 0 unspecified atom stereocenters. The molecule has 0 aliphatic carbocycles. The van der Waals surface area contributed by atoms with Crippen LogP contribution in [0.5, 0.6) is 11.5 Å². The molecule has 1 aliphatic rings. The molecule has 1 aromatic heterocycles. The Morgan fingerprint density at radius 3 is 2.20 bits per heavy atom. The van der Waals surface area contributed by atoms with Crippen LogP contribution in [0.25, 0.3) is 11.1 Å². The highest BCUT2D eigenvalue weighted by Gasteiger charge is 2.27. The number of nitriles is 1. The number of amides is 2. The zero-order valence-electron chi connectivity index (χ0n) is 32.4. The topological polar surface area (TPSA) is 108 Å². The summed E-state index contributed by atoms with van der Waals surface area (Å²) >= 11 is 6.90. The second kappa shape index (κ2) is 17.8. The molecule has 1 aliphatic heterocycles. The van der Waals surface area contributed by atoms with Crippen molar-refractivity contribution in [2.45, 2.75) is 73.8 Å². The summed E-state index contributed by atoms with van der Waals surface area (Å²) in [5.41, 5.74) is 7.25. The lowest BCUT2D eigenvalue weighted by Gasteiger charge is -2.35. The zero-order valence-corrected chi connectivity index (χ0v) is 33.1. The first-order valence-corrected chi connectivity index (χ1v) is 18.8. The van der Waals surface area contributed by atoms with Gasteiger partial charge in [0.15, 0.2) is 0 Å². The highest BCUT2D eigenvalue weighted by Crippen LogP contribution is 2.36. The monoisotopic (exact) mass is 751 g/mol. The van der Waals surface area contributed by atoms with Crippen molar-refractivity contribution in [3.8, 4) is 28.7 Å². The van der Waals surface area contributed by atoms with Crippen LogP contribution in [0.4, 0.5) is 4.79 Å². The smallest absolute Gasteiger partial charge is 0.410 e. The number of pyridine rings is 1. The Morgan fingerprint density at radius 1 is 0.870 bits per heavy atom. The highest BCUT2D eigenvalue weighted by molar-refractivity contribution is 6.32. The lowest BCUT2D eigenvalue weighted by Crippen LogP contribution is -2.49. The molecule has 11 heteroatoms. The van der Waals surface area contributed by atoms with Gasteiger partial charge in [0.25, 0.3) is 5.91 Å². The normalized spacial score (nSPS) is 13.3. The van der Waals surface area contributed by atoms with Crippen molar-refractivity contribution in [1.29, 1.82) is 5.26 Å². The van der Waals surface area contributed by atoms with Gasteiger partial charge in [-0.05, 0) is 94.5 Å². The van der Waals surface area contributed by atoms with E-state index in [1.54, 1.807) is 17.2 Å². The third-order valence-corrected chi connectivity index (χ3v) is 9.88. The maximum Gasteiger partial charge on any atom is 0.410 e. The van der Waals surface area contributed by atoms with E-state index in [4.69, 9.17) is 25.8 Å². The second-order valence-corrected chi connectivity index (χ2v) is 14.9. The number of benzene rings is 3. The Morgan fingerprint density at radius 2 is 1.54 bits per heavy atom. The number of nitrogens with zero attached hydrogens (tertiary/aromatic N) is 5. The largest absolute Gasteiger partial charge is 0.488 e. The van der Waals surface area contributed by atoms with Crippen LogP contribution >= 0.6 is 11.6 Å². The second-order valence-electron chi connectivity index (χ2n) is 14.5. The summed E-state index contributed by atoms with van der Waals surface area (Å²) in [5, 5.41) is 9.82. The summed E-state index contributed by atoms with van der Waals surface area (Å²) in [4.78, 5) is 35.9. The molecule has 3 aromatic carbocycles. The number of ether oxygens (including phenoxy) is 3. The van der Waals surface area contributed by atoms with Gasteiger partial charge in [-0.1, -0.05) is 41.9 Å². The number of hydrogen-bond donors (Lipinski definition) is 0. The van der Waals surface area contributed by atoms with Crippen LogP contribution in [0.15, 0.2) is 67.0 Å². The van der Waals surface area contributed by atoms with Crippen molar-refractivity contribution in [2.24, 2.45) is 0 Å². The molecule has 4 aromatic rings. The van der Waals surface area contributed by atoms with Gasteiger partial charge in [-0.15, -0.1) is 0 Å². The molecular weight excluding hydrogens is 702 g/mol. The average molecular weight is 752 g/mol. The highest BCUT2D eigenvalue weighted by atomic mass is 35.5. The quantitative estimate of drug-likeness (QED) is 0.142. The van der Waals surface area contributed by atoms with Crippen molar-refractivity contribution in [1.82, 2.24) is 19.7 Å². The fourth-order valence-corrected chi connectivity index (χ4v) is 6.76. The van der Waals surface area contributed by atoms with E-state index in [-0.39, 0.29) is 25.2 Å². The van der Waals surface area contributed by atoms with E-state index in [1.807, 2.05) is 82.8 Å².